The number of carboxylic acids is 1. The summed E-state index contributed by atoms with van der Waals surface area (Å²) in [7, 11) is -2.97. The third-order valence-electron chi connectivity index (χ3n) is 3.59. The first-order valence-corrected chi connectivity index (χ1v) is 8.88. The SMILES string of the molecule is COc1ccc(S(=O)(=O)NC2(O)C=CC=CC2C(=O)O)cc1NC(C)=O. The highest BCUT2D eigenvalue weighted by molar-refractivity contribution is 7.89. The lowest BCUT2D eigenvalue weighted by Gasteiger charge is -2.31. The molecule has 2 atom stereocenters. The van der Waals surface area contributed by atoms with Crippen molar-refractivity contribution in [2.75, 3.05) is 12.4 Å². The summed E-state index contributed by atoms with van der Waals surface area (Å²) in [5.41, 5.74) is -2.23. The van der Waals surface area contributed by atoms with Gasteiger partial charge in [-0.2, -0.15) is 4.72 Å². The highest BCUT2D eigenvalue weighted by Crippen LogP contribution is 2.29. The van der Waals surface area contributed by atoms with E-state index < -0.39 is 33.5 Å². The van der Waals surface area contributed by atoms with Crippen LogP contribution in [0.15, 0.2) is 47.4 Å². The van der Waals surface area contributed by atoms with Gasteiger partial charge in [-0.25, -0.2) is 8.42 Å². The van der Waals surface area contributed by atoms with Crippen molar-refractivity contribution in [3.05, 3.63) is 42.5 Å². The first kappa shape index (κ1) is 19.6. The Hall–Kier alpha value is -2.69. The van der Waals surface area contributed by atoms with Crippen molar-refractivity contribution in [1.82, 2.24) is 4.72 Å². The summed E-state index contributed by atoms with van der Waals surface area (Å²) < 4.78 is 32.3. The molecular weight excluding hydrogens is 364 g/mol. The molecule has 0 radical (unpaired) electrons. The molecule has 0 aromatic heterocycles. The lowest BCUT2D eigenvalue weighted by Crippen LogP contribution is -2.54. The highest BCUT2D eigenvalue weighted by Gasteiger charge is 2.42. The fourth-order valence-corrected chi connectivity index (χ4v) is 3.68. The molecule has 26 heavy (non-hydrogen) atoms. The predicted molar refractivity (Wildman–Crippen MR) is 92.0 cm³/mol. The number of carboxylic acid groups (broad SMARTS) is 1. The van der Waals surface area contributed by atoms with Gasteiger partial charge in [0.25, 0.3) is 0 Å². The van der Waals surface area contributed by atoms with Crippen LogP contribution in [0.25, 0.3) is 0 Å². The molecule has 2 rings (SSSR count). The highest BCUT2D eigenvalue weighted by atomic mass is 32.2. The van der Waals surface area contributed by atoms with E-state index in [9.17, 15) is 28.2 Å². The molecule has 4 N–H and O–H groups in total. The minimum Gasteiger partial charge on any atom is -0.495 e. The number of hydrogen-bond donors (Lipinski definition) is 4. The third-order valence-corrected chi connectivity index (χ3v) is 5.07. The first-order valence-electron chi connectivity index (χ1n) is 7.40. The lowest BCUT2D eigenvalue weighted by molar-refractivity contribution is -0.146. The van der Waals surface area contributed by atoms with Gasteiger partial charge in [-0.05, 0) is 24.3 Å². The van der Waals surface area contributed by atoms with E-state index in [0.717, 1.165) is 12.1 Å². The topological polar surface area (TPSA) is 142 Å². The molecule has 0 aliphatic heterocycles. The molecule has 0 saturated heterocycles. The van der Waals surface area contributed by atoms with Crippen LogP contribution in [0.1, 0.15) is 6.92 Å². The molecule has 1 aliphatic carbocycles. The molecule has 0 spiro atoms. The minimum absolute atomic E-state index is 0.115. The average Bonchev–Trinajstić information content (AvgIpc) is 2.53. The summed E-state index contributed by atoms with van der Waals surface area (Å²) >= 11 is 0. The van der Waals surface area contributed by atoms with Gasteiger partial charge in [-0.1, -0.05) is 18.2 Å². The lowest BCUT2D eigenvalue weighted by atomic mass is 9.92. The number of benzene rings is 1. The largest absolute Gasteiger partial charge is 0.495 e. The van der Waals surface area contributed by atoms with E-state index in [-0.39, 0.29) is 16.3 Å². The average molecular weight is 382 g/mol. The molecule has 0 bridgehead atoms. The minimum atomic E-state index is -4.32. The maximum absolute atomic E-state index is 12.6. The second kappa shape index (κ2) is 7.28. The van der Waals surface area contributed by atoms with Crippen molar-refractivity contribution in [2.45, 2.75) is 17.5 Å². The van der Waals surface area contributed by atoms with Crippen LogP contribution in [0, 0.1) is 5.92 Å². The number of ether oxygens (including phenoxy) is 1. The molecule has 10 heteroatoms. The molecule has 1 aliphatic rings. The Labute approximate surface area is 150 Å². The van der Waals surface area contributed by atoms with Crippen LogP contribution >= 0.6 is 0 Å². The van der Waals surface area contributed by atoms with Crippen LogP contribution in [-0.2, 0) is 19.6 Å². The van der Waals surface area contributed by atoms with Gasteiger partial charge in [0.15, 0.2) is 5.72 Å². The number of anilines is 1. The van der Waals surface area contributed by atoms with E-state index in [1.165, 1.54) is 44.4 Å². The van der Waals surface area contributed by atoms with Crippen LogP contribution in [0.3, 0.4) is 0 Å². The number of sulfonamides is 1. The molecule has 140 valence electrons. The zero-order valence-corrected chi connectivity index (χ0v) is 14.8. The van der Waals surface area contributed by atoms with Gasteiger partial charge in [-0.3, -0.25) is 9.59 Å². The maximum Gasteiger partial charge on any atom is 0.315 e. The monoisotopic (exact) mass is 382 g/mol. The van der Waals surface area contributed by atoms with Crippen LogP contribution < -0.4 is 14.8 Å². The predicted octanol–water partition coefficient (Wildman–Crippen LogP) is 0.447. The molecule has 1 amide bonds. The van der Waals surface area contributed by atoms with Gasteiger partial charge in [0.2, 0.25) is 15.9 Å². The van der Waals surface area contributed by atoms with Crippen molar-refractivity contribution in [3.8, 4) is 5.75 Å². The fraction of sp³-hybridized carbons (Fsp3) is 0.250. The number of amides is 1. The Bertz CT molecular complexity index is 892. The number of aliphatic carboxylic acids is 1. The van der Waals surface area contributed by atoms with E-state index in [4.69, 9.17) is 4.74 Å². The van der Waals surface area contributed by atoms with Gasteiger partial charge >= 0.3 is 5.97 Å². The smallest absolute Gasteiger partial charge is 0.315 e. The molecule has 1 aromatic rings. The zero-order chi connectivity index (χ0) is 19.5. The normalized spacial score (nSPS) is 22.0. The van der Waals surface area contributed by atoms with Crippen molar-refractivity contribution < 1.29 is 33.0 Å². The molecule has 1 aromatic carbocycles. The number of nitrogens with one attached hydrogen (secondary N) is 2. The van der Waals surface area contributed by atoms with Crippen LogP contribution in [0.4, 0.5) is 5.69 Å². The van der Waals surface area contributed by atoms with Gasteiger partial charge < -0.3 is 20.3 Å². The summed E-state index contributed by atoms with van der Waals surface area (Å²) in [6.45, 7) is 1.25. The number of aliphatic hydroxyl groups is 1. The van der Waals surface area contributed by atoms with Crippen molar-refractivity contribution in [2.24, 2.45) is 5.92 Å². The molecular formula is C16H18N2O7S. The molecule has 2 unspecified atom stereocenters. The molecule has 9 nitrogen and oxygen atoms in total. The third kappa shape index (κ3) is 4.10. The summed E-state index contributed by atoms with van der Waals surface area (Å²) in [5, 5.41) is 22.2. The number of carbonyl (C=O) groups excluding carboxylic acids is 1. The van der Waals surface area contributed by atoms with Gasteiger partial charge in [0.1, 0.15) is 11.7 Å². The molecule has 0 saturated carbocycles. The number of allylic oxidation sites excluding steroid dienone is 2. The second-order valence-electron chi connectivity index (χ2n) is 5.53. The van der Waals surface area contributed by atoms with E-state index in [1.54, 1.807) is 0 Å². The second-order valence-corrected chi connectivity index (χ2v) is 7.22. The maximum atomic E-state index is 12.6. The van der Waals surface area contributed by atoms with Gasteiger partial charge in [0.05, 0.1) is 17.7 Å². The summed E-state index contributed by atoms with van der Waals surface area (Å²) in [6, 6.07) is 3.67. The summed E-state index contributed by atoms with van der Waals surface area (Å²) in [4.78, 5) is 22.3. The molecule has 0 heterocycles. The Morgan fingerprint density at radius 3 is 2.54 bits per heavy atom. The van der Waals surface area contributed by atoms with E-state index in [1.807, 2.05) is 4.72 Å². The Morgan fingerprint density at radius 2 is 1.96 bits per heavy atom. The Kier molecular flexibility index (Phi) is 5.50. The van der Waals surface area contributed by atoms with Crippen LogP contribution in [0.5, 0.6) is 5.75 Å². The first-order chi connectivity index (χ1) is 12.1. The van der Waals surface area contributed by atoms with Crippen molar-refractivity contribution in [1.29, 1.82) is 0 Å². The number of rotatable bonds is 6. The van der Waals surface area contributed by atoms with Crippen molar-refractivity contribution in [3.63, 3.8) is 0 Å². The summed E-state index contributed by atoms with van der Waals surface area (Å²) in [5.74, 6) is -3.10. The van der Waals surface area contributed by atoms with E-state index >= 15 is 0 Å². The summed E-state index contributed by atoms with van der Waals surface area (Å²) in [6.07, 6.45) is 4.94. The van der Waals surface area contributed by atoms with E-state index in [0.29, 0.717) is 0 Å². The number of hydrogen-bond acceptors (Lipinski definition) is 6. The standard InChI is InChI=1S/C16H18N2O7S/c1-10(19)17-13-9-11(6-7-14(13)25-2)26(23,24)18-16(22)8-4-3-5-12(16)15(20)21/h3-9,12,18,22H,1-2H3,(H,17,19)(H,20,21). The van der Waals surface area contributed by atoms with Gasteiger partial charge in [-0.15, -0.1) is 0 Å². The fourth-order valence-electron chi connectivity index (χ4n) is 2.41. The Morgan fingerprint density at radius 1 is 1.27 bits per heavy atom. The Balaban J connectivity index is 2.41. The number of carbonyl (C=O) groups is 2. The number of methoxy groups -OCH3 is 1. The van der Waals surface area contributed by atoms with E-state index in [2.05, 4.69) is 5.32 Å². The van der Waals surface area contributed by atoms with Crippen molar-refractivity contribution >= 4 is 27.6 Å². The van der Waals surface area contributed by atoms with Crippen LogP contribution in [0.2, 0.25) is 0 Å². The zero-order valence-electron chi connectivity index (χ0n) is 14.0. The quantitative estimate of drug-likeness (QED) is 0.523. The van der Waals surface area contributed by atoms with Crippen LogP contribution in [-0.4, -0.2) is 43.3 Å². The molecule has 0 fully saturated rings. The van der Waals surface area contributed by atoms with Gasteiger partial charge in [0, 0.05) is 6.92 Å².